The van der Waals surface area contributed by atoms with Crippen molar-refractivity contribution < 1.29 is 23.5 Å². The van der Waals surface area contributed by atoms with E-state index in [1.54, 1.807) is 19.1 Å². The summed E-state index contributed by atoms with van der Waals surface area (Å²) >= 11 is 0. The fourth-order valence-corrected chi connectivity index (χ4v) is 3.68. The van der Waals surface area contributed by atoms with Gasteiger partial charge in [0, 0.05) is 38.0 Å². The summed E-state index contributed by atoms with van der Waals surface area (Å²) < 4.78 is 18.7. The van der Waals surface area contributed by atoms with E-state index < -0.39 is 6.04 Å². The van der Waals surface area contributed by atoms with Crippen molar-refractivity contribution >= 4 is 17.7 Å². The van der Waals surface area contributed by atoms with Crippen molar-refractivity contribution in [2.45, 2.75) is 44.1 Å². The zero-order valence-corrected chi connectivity index (χ0v) is 14.8. The molecule has 2 aliphatic heterocycles. The quantitative estimate of drug-likeness (QED) is 0.806. The molecule has 0 bridgehead atoms. The van der Waals surface area contributed by atoms with E-state index in [9.17, 15) is 18.8 Å². The summed E-state index contributed by atoms with van der Waals surface area (Å²) in [4.78, 5) is 37.2. The molecule has 0 aromatic heterocycles. The number of benzene rings is 1. The van der Waals surface area contributed by atoms with E-state index >= 15 is 0 Å². The maximum atomic E-state index is 13.3. The summed E-state index contributed by atoms with van der Waals surface area (Å²) in [5, 5.41) is 2.89. The normalized spacial score (nSPS) is 20.9. The van der Waals surface area contributed by atoms with Gasteiger partial charge in [0.15, 0.2) is 0 Å². The molecule has 2 fully saturated rings. The van der Waals surface area contributed by atoms with Gasteiger partial charge in [-0.15, -0.1) is 0 Å². The first-order valence-corrected chi connectivity index (χ1v) is 8.89. The average molecular weight is 362 g/mol. The summed E-state index contributed by atoms with van der Waals surface area (Å²) in [6.45, 7) is 3.03. The first-order valence-electron chi connectivity index (χ1n) is 8.89. The van der Waals surface area contributed by atoms with E-state index in [-0.39, 0.29) is 41.8 Å². The number of nitrogens with zero attached hydrogens (tertiary/aromatic N) is 1. The van der Waals surface area contributed by atoms with E-state index in [2.05, 4.69) is 5.32 Å². The Morgan fingerprint density at radius 2 is 1.77 bits per heavy atom. The number of amides is 3. The summed E-state index contributed by atoms with van der Waals surface area (Å²) in [6, 6.07) is 5.48. The first-order chi connectivity index (χ1) is 12.4. The number of hydrogen-bond donors (Lipinski definition) is 1. The lowest BCUT2D eigenvalue weighted by atomic mass is 9.74. The van der Waals surface area contributed by atoms with Gasteiger partial charge in [-0.25, -0.2) is 4.39 Å². The molecule has 140 valence electrons. The minimum Gasteiger partial charge on any atom is -0.381 e. The van der Waals surface area contributed by atoms with Gasteiger partial charge >= 0.3 is 0 Å². The molecular weight excluding hydrogens is 339 g/mol. The van der Waals surface area contributed by atoms with Crippen molar-refractivity contribution in [3.8, 4) is 0 Å². The minimum absolute atomic E-state index is 0.160. The minimum atomic E-state index is -0.831. The second-order valence-electron chi connectivity index (χ2n) is 6.95. The van der Waals surface area contributed by atoms with Crippen LogP contribution in [0.5, 0.6) is 0 Å². The van der Waals surface area contributed by atoms with Crippen LogP contribution in [0.3, 0.4) is 0 Å². The summed E-state index contributed by atoms with van der Waals surface area (Å²) in [5.41, 5.74) is 0.601. The van der Waals surface area contributed by atoms with Crippen LogP contribution in [0.15, 0.2) is 24.3 Å². The largest absolute Gasteiger partial charge is 0.381 e. The van der Waals surface area contributed by atoms with E-state index in [1.165, 1.54) is 12.1 Å². The topological polar surface area (TPSA) is 75.7 Å². The molecule has 0 aliphatic carbocycles. The SMILES string of the molecule is C[C@@H](C(=O)NCC1(c2ccc(F)cc2)CCOCC1)N1C(=O)CCC1=O. The number of ether oxygens (including phenoxy) is 1. The third-order valence-electron chi connectivity index (χ3n) is 5.36. The zero-order valence-electron chi connectivity index (χ0n) is 14.8. The lowest BCUT2D eigenvalue weighted by Crippen LogP contribution is -2.51. The molecule has 3 rings (SSSR count). The predicted molar refractivity (Wildman–Crippen MR) is 91.7 cm³/mol. The number of halogens is 1. The highest BCUT2D eigenvalue weighted by molar-refractivity contribution is 6.05. The molecule has 0 spiro atoms. The van der Waals surface area contributed by atoms with Gasteiger partial charge in [0.2, 0.25) is 17.7 Å². The highest BCUT2D eigenvalue weighted by Gasteiger charge is 2.38. The lowest BCUT2D eigenvalue weighted by Gasteiger charge is -2.38. The zero-order chi connectivity index (χ0) is 18.7. The summed E-state index contributed by atoms with van der Waals surface area (Å²) in [5.74, 6) is -1.28. The Morgan fingerprint density at radius 3 is 2.35 bits per heavy atom. The van der Waals surface area contributed by atoms with Crippen molar-refractivity contribution in [2.24, 2.45) is 0 Å². The lowest BCUT2D eigenvalue weighted by molar-refractivity contribution is -0.146. The van der Waals surface area contributed by atoms with Crippen molar-refractivity contribution in [1.29, 1.82) is 0 Å². The highest BCUT2D eigenvalue weighted by Crippen LogP contribution is 2.34. The van der Waals surface area contributed by atoms with E-state index in [0.717, 1.165) is 10.5 Å². The first kappa shape index (κ1) is 18.5. The van der Waals surface area contributed by atoms with Crippen molar-refractivity contribution in [3.63, 3.8) is 0 Å². The van der Waals surface area contributed by atoms with Crippen molar-refractivity contribution in [3.05, 3.63) is 35.6 Å². The number of rotatable bonds is 5. The Bertz CT molecular complexity index is 682. The van der Waals surface area contributed by atoms with Crippen LogP contribution in [0, 0.1) is 5.82 Å². The highest BCUT2D eigenvalue weighted by atomic mass is 19.1. The molecular formula is C19H23FN2O4. The molecule has 7 heteroatoms. The van der Waals surface area contributed by atoms with Crippen molar-refractivity contribution in [1.82, 2.24) is 10.2 Å². The number of imide groups is 1. The van der Waals surface area contributed by atoms with Crippen LogP contribution in [0.4, 0.5) is 4.39 Å². The molecule has 6 nitrogen and oxygen atoms in total. The van der Waals surface area contributed by atoms with Gasteiger partial charge in [0.1, 0.15) is 11.9 Å². The molecule has 1 N–H and O–H groups in total. The number of carbonyl (C=O) groups excluding carboxylic acids is 3. The van der Waals surface area contributed by atoms with Gasteiger partial charge < -0.3 is 10.1 Å². The molecule has 1 aromatic rings. The molecule has 0 unspecified atom stereocenters. The summed E-state index contributed by atoms with van der Waals surface area (Å²) in [7, 11) is 0. The van der Waals surface area contributed by atoms with Crippen LogP contribution >= 0.6 is 0 Å². The number of carbonyl (C=O) groups is 3. The Labute approximate surface area is 151 Å². The fourth-order valence-electron chi connectivity index (χ4n) is 3.68. The number of hydrogen-bond acceptors (Lipinski definition) is 4. The second-order valence-corrected chi connectivity index (χ2v) is 6.95. The van der Waals surface area contributed by atoms with Crippen LogP contribution in [0.2, 0.25) is 0 Å². The van der Waals surface area contributed by atoms with Gasteiger partial charge in [-0.3, -0.25) is 19.3 Å². The van der Waals surface area contributed by atoms with Crippen LogP contribution in [-0.4, -0.2) is 48.4 Å². The van der Waals surface area contributed by atoms with Crippen LogP contribution < -0.4 is 5.32 Å². The number of likely N-dealkylation sites (tertiary alicyclic amines) is 1. The third kappa shape index (κ3) is 3.62. The van der Waals surface area contributed by atoms with Crippen LogP contribution in [-0.2, 0) is 24.5 Å². The van der Waals surface area contributed by atoms with E-state index in [4.69, 9.17) is 4.74 Å². The smallest absolute Gasteiger partial charge is 0.243 e. The molecule has 2 heterocycles. The standard InChI is InChI=1S/C19H23FN2O4/c1-13(22-16(23)6-7-17(22)24)18(25)21-12-19(8-10-26-11-9-19)14-2-4-15(20)5-3-14/h2-5,13H,6-12H2,1H3,(H,21,25)/t13-/m0/s1. The van der Waals surface area contributed by atoms with Crippen LogP contribution in [0.1, 0.15) is 38.2 Å². The molecule has 2 aliphatic rings. The second kappa shape index (κ2) is 7.53. The van der Waals surface area contributed by atoms with Gasteiger partial charge in [-0.2, -0.15) is 0 Å². The van der Waals surface area contributed by atoms with E-state index in [0.29, 0.717) is 32.6 Å². The molecule has 26 heavy (non-hydrogen) atoms. The van der Waals surface area contributed by atoms with Gasteiger partial charge in [-0.05, 0) is 37.5 Å². The van der Waals surface area contributed by atoms with Gasteiger partial charge in [-0.1, -0.05) is 12.1 Å². The predicted octanol–water partition coefficient (Wildman–Crippen LogP) is 1.53. The van der Waals surface area contributed by atoms with E-state index in [1.807, 2.05) is 0 Å². The Morgan fingerprint density at radius 1 is 1.19 bits per heavy atom. The Hall–Kier alpha value is -2.28. The molecule has 1 atom stereocenters. The Balaban J connectivity index is 1.71. The number of nitrogens with one attached hydrogen (secondary N) is 1. The van der Waals surface area contributed by atoms with Gasteiger partial charge in [0.25, 0.3) is 0 Å². The average Bonchev–Trinajstić information content (AvgIpc) is 2.99. The molecule has 0 saturated carbocycles. The maximum absolute atomic E-state index is 13.3. The third-order valence-corrected chi connectivity index (χ3v) is 5.36. The molecule has 1 aromatic carbocycles. The molecule has 2 saturated heterocycles. The van der Waals surface area contributed by atoms with Crippen LogP contribution in [0.25, 0.3) is 0 Å². The Kier molecular flexibility index (Phi) is 5.36. The van der Waals surface area contributed by atoms with Crippen molar-refractivity contribution in [2.75, 3.05) is 19.8 Å². The fraction of sp³-hybridized carbons (Fsp3) is 0.526. The monoisotopic (exact) mass is 362 g/mol. The summed E-state index contributed by atoms with van der Waals surface area (Å²) in [6.07, 6.45) is 1.73. The molecule has 0 radical (unpaired) electrons. The maximum Gasteiger partial charge on any atom is 0.243 e. The molecule has 3 amide bonds. The van der Waals surface area contributed by atoms with Gasteiger partial charge in [0.05, 0.1) is 0 Å².